The van der Waals surface area contributed by atoms with Gasteiger partial charge in [-0.25, -0.2) is 0 Å². The molecule has 1 fully saturated rings. The maximum Gasteiger partial charge on any atom is 0.269 e. The van der Waals surface area contributed by atoms with Gasteiger partial charge < -0.3 is 14.6 Å². The van der Waals surface area contributed by atoms with E-state index in [0.717, 1.165) is 0 Å². The first-order valence-electron chi connectivity index (χ1n) is 6.82. The van der Waals surface area contributed by atoms with Crippen LogP contribution in [0.2, 0.25) is 0 Å². The first kappa shape index (κ1) is 14.8. The predicted octanol–water partition coefficient (Wildman–Crippen LogP) is 1.66. The van der Waals surface area contributed by atoms with Crippen LogP contribution in [0.5, 0.6) is 0 Å². The lowest BCUT2D eigenvalue weighted by Crippen LogP contribution is -2.27. The number of carbonyl (C=O) groups excluding carboxylic acids is 1. The summed E-state index contributed by atoms with van der Waals surface area (Å²) in [5.41, 5.74) is 0.525. The molecule has 3 unspecified atom stereocenters. The van der Waals surface area contributed by atoms with E-state index in [2.05, 4.69) is 0 Å². The van der Waals surface area contributed by atoms with Crippen molar-refractivity contribution >= 4 is 11.5 Å². The number of rotatable bonds is 3. The number of Topliss-reactive ketones (excluding diaryl/α,β-unsaturated/α-hetero) is 1. The molecule has 1 aliphatic carbocycles. The Kier molecular flexibility index (Phi) is 3.36. The zero-order valence-corrected chi connectivity index (χ0v) is 12.1. The van der Waals surface area contributed by atoms with Gasteiger partial charge >= 0.3 is 0 Å². The Labute approximate surface area is 126 Å². The van der Waals surface area contributed by atoms with Gasteiger partial charge in [-0.15, -0.1) is 0 Å². The summed E-state index contributed by atoms with van der Waals surface area (Å²) < 4.78 is 11.1. The summed E-state index contributed by atoms with van der Waals surface area (Å²) in [7, 11) is 0. The van der Waals surface area contributed by atoms with Gasteiger partial charge in [0.1, 0.15) is 12.2 Å². The van der Waals surface area contributed by atoms with E-state index in [4.69, 9.17) is 9.47 Å². The van der Waals surface area contributed by atoms with Crippen LogP contribution in [0.4, 0.5) is 5.69 Å². The van der Waals surface area contributed by atoms with Gasteiger partial charge in [-0.3, -0.25) is 14.9 Å². The maximum atomic E-state index is 12.3. The highest BCUT2D eigenvalue weighted by atomic mass is 16.8. The smallest absolute Gasteiger partial charge is 0.269 e. The molecule has 22 heavy (non-hydrogen) atoms. The Morgan fingerprint density at radius 2 is 1.91 bits per heavy atom. The molecule has 0 spiro atoms. The number of non-ortho nitro benzene ring substituents is 1. The van der Waals surface area contributed by atoms with Crippen molar-refractivity contribution in [1.82, 2.24) is 0 Å². The van der Waals surface area contributed by atoms with Gasteiger partial charge in [-0.1, -0.05) is 0 Å². The second-order valence-corrected chi connectivity index (χ2v) is 5.76. The van der Waals surface area contributed by atoms with Crippen LogP contribution >= 0.6 is 0 Å². The molecule has 3 atom stereocenters. The summed E-state index contributed by atoms with van der Waals surface area (Å²) >= 11 is 0. The molecule has 1 saturated heterocycles. The largest absolute Gasteiger partial charge is 0.384 e. The average molecular weight is 305 g/mol. The van der Waals surface area contributed by atoms with Gasteiger partial charge in [0.05, 0.1) is 4.92 Å². The number of fused-ring (bicyclic) bond motifs is 1. The number of nitro groups is 1. The fraction of sp³-hybridized carbons (Fsp3) is 0.400. The number of nitro benzene ring substituents is 1. The first-order chi connectivity index (χ1) is 10.3. The van der Waals surface area contributed by atoms with E-state index in [9.17, 15) is 20.0 Å². The summed E-state index contributed by atoms with van der Waals surface area (Å²) in [5.74, 6) is -1.15. The van der Waals surface area contributed by atoms with E-state index < -0.39 is 29.0 Å². The Bertz CT molecular complexity index is 663. The number of ether oxygens (including phenoxy) is 2. The van der Waals surface area contributed by atoms with E-state index in [-0.39, 0.29) is 17.0 Å². The maximum absolute atomic E-state index is 12.3. The molecule has 0 saturated carbocycles. The third-order valence-electron chi connectivity index (χ3n) is 3.73. The number of carbonyl (C=O) groups is 1. The molecular weight excluding hydrogens is 290 g/mol. The monoisotopic (exact) mass is 305 g/mol. The van der Waals surface area contributed by atoms with Gasteiger partial charge in [-0.05, 0) is 37.6 Å². The van der Waals surface area contributed by atoms with Crippen LogP contribution in [-0.2, 0) is 14.3 Å². The fourth-order valence-corrected chi connectivity index (χ4v) is 2.72. The van der Waals surface area contributed by atoms with Crippen LogP contribution in [0.15, 0.2) is 35.9 Å². The van der Waals surface area contributed by atoms with E-state index in [0.29, 0.717) is 5.56 Å². The second-order valence-electron chi connectivity index (χ2n) is 5.76. The van der Waals surface area contributed by atoms with Crippen LogP contribution in [0.25, 0.3) is 0 Å². The highest BCUT2D eigenvalue weighted by Crippen LogP contribution is 2.39. The van der Waals surface area contributed by atoms with Crippen LogP contribution in [-0.4, -0.2) is 33.8 Å². The van der Waals surface area contributed by atoms with E-state index in [1.54, 1.807) is 19.9 Å². The lowest BCUT2D eigenvalue weighted by atomic mass is 10.00. The molecule has 1 aromatic rings. The minimum absolute atomic E-state index is 0.0760. The van der Waals surface area contributed by atoms with Crippen LogP contribution in [0.3, 0.4) is 0 Å². The molecule has 1 aliphatic heterocycles. The van der Waals surface area contributed by atoms with Crippen LogP contribution in [0, 0.1) is 10.1 Å². The van der Waals surface area contributed by atoms with Gasteiger partial charge in [0.15, 0.2) is 17.7 Å². The number of benzene rings is 1. The van der Waals surface area contributed by atoms with Crippen LogP contribution in [0.1, 0.15) is 25.5 Å². The molecule has 1 heterocycles. The average Bonchev–Trinajstić information content (AvgIpc) is 2.92. The number of hydrogen-bond acceptors (Lipinski definition) is 6. The SMILES string of the molecule is CC1(C)OC2C=C(C(O)c3ccc([N+](=O)[O-])cc3)C(=O)C2O1. The fourth-order valence-electron chi connectivity index (χ4n) is 2.72. The lowest BCUT2D eigenvalue weighted by molar-refractivity contribution is -0.384. The third kappa shape index (κ3) is 2.43. The van der Waals surface area contributed by atoms with E-state index in [1.807, 2.05) is 0 Å². The van der Waals surface area contributed by atoms with Gasteiger partial charge in [-0.2, -0.15) is 0 Å². The summed E-state index contributed by atoms with van der Waals surface area (Å²) in [6, 6.07) is 5.43. The number of aliphatic hydroxyl groups is 1. The molecule has 0 radical (unpaired) electrons. The molecule has 7 nitrogen and oxygen atoms in total. The van der Waals surface area contributed by atoms with Crippen molar-refractivity contribution < 1.29 is 24.3 Å². The zero-order valence-electron chi connectivity index (χ0n) is 12.1. The van der Waals surface area contributed by atoms with Gasteiger partial charge in [0.2, 0.25) is 0 Å². The molecule has 0 bridgehead atoms. The normalized spacial score (nSPS) is 27.4. The van der Waals surface area contributed by atoms with E-state index in [1.165, 1.54) is 24.3 Å². The predicted molar refractivity (Wildman–Crippen MR) is 75.0 cm³/mol. The molecule has 116 valence electrons. The highest BCUT2D eigenvalue weighted by molar-refractivity contribution is 6.03. The van der Waals surface area contributed by atoms with Crippen molar-refractivity contribution in [2.75, 3.05) is 0 Å². The molecule has 0 amide bonds. The topological polar surface area (TPSA) is 98.9 Å². The molecule has 7 heteroatoms. The molecule has 2 aliphatic rings. The summed E-state index contributed by atoms with van der Waals surface area (Å²) in [5, 5.41) is 21.0. The van der Waals surface area contributed by atoms with Crippen molar-refractivity contribution in [3.8, 4) is 0 Å². The second kappa shape index (κ2) is 4.98. The van der Waals surface area contributed by atoms with Crippen molar-refractivity contribution in [2.45, 2.75) is 37.9 Å². The van der Waals surface area contributed by atoms with Crippen LogP contribution < -0.4 is 0 Å². The number of hydrogen-bond donors (Lipinski definition) is 1. The quantitative estimate of drug-likeness (QED) is 0.673. The molecule has 1 N–H and O–H groups in total. The third-order valence-corrected chi connectivity index (χ3v) is 3.73. The molecule has 3 rings (SSSR count). The Morgan fingerprint density at radius 3 is 2.45 bits per heavy atom. The number of ketones is 1. The number of nitrogens with zero attached hydrogens (tertiary/aromatic N) is 1. The van der Waals surface area contributed by atoms with Crippen molar-refractivity contribution in [3.63, 3.8) is 0 Å². The summed E-state index contributed by atoms with van der Waals surface area (Å²) in [6.07, 6.45) is -0.842. The minimum Gasteiger partial charge on any atom is -0.384 e. The lowest BCUT2D eigenvalue weighted by Gasteiger charge is -2.19. The van der Waals surface area contributed by atoms with Gasteiger partial charge in [0.25, 0.3) is 5.69 Å². The Balaban J connectivity index is 1.83. The Morgan fingerprint density at radius 1 is 1.27 bits per heavy atom. The first-order valence-corrected chi connectivity index (χ1v) is 6.82. The molecule has 0 aromatic heterocycles. The van der Waals surface area contributed by atoms with Crippen molar-refractivity contribution in [3.05, 3.63) is 51.6 Å². The standard InChI is InChI=1S/C15H15NO6/c1-15(2)21-11-7-10(13(18)14(11)22-15)12(17)8-3-5-9(6-4-8)16(19)20/h3-7,11-12,14,17H,1-2H3. The molecule has 1 aromatic carbocycles. The molecular formula is C15H15NO6. The number of aliphatic hydroxyl groups excluding tert-OH is 1. The highest BCUT2D eigenvalue weighted by Gasteiger charge is 2.50. The summed E-state index contributed by atoms with van der Waals surface area (Å²) in [6.45, 7) is 3.44. The van der Waals surface area contributed by atoms with Crippen molar-refractivity contribution in [2.24, 2.45) is 0 Å². The van der Waals surface area contributed by atoms with Crippen molar-refractivity contribution in [1.29, 1.82) is 0 Å². The Hall–Kier alpha value is -2.09. The minimum atomic E-state index is -1.16. The zero-order chi connectivity index (χ0) is 16.1. The summed E-state index contributed by atoms with van der Waals surface area (Å²) in [4.78, 5) is 22.4. The van der Waals surface area contributed by atoms with Gasteiger partial charge in [0, 0.05) is 17.7 Å². The van der Waals surface area contributed by atoms with E-state index >= 15 is 0 Å².